The van der Waals surface area contributed by atoms with E-state index in [0.717, 1.165) is 0 Å². The zero-order valence-electron chi connectivity index (χ0n) is 8.35. The molecule has 0 aromatic carbocycles. The minimum Gasteiger partial charge on any atom is -0.473 e. The van der Waals surface area contributed by atoms with Crippen LogP contribution in [-0.4, -0.2) is 29.4 Å². The van der Waals surface area contributed by atoms with Gasteiger partial charge >= 0.3 is 5.97 Å². The number of hydrogen-bond donors (Lipinski definition) is 0. The average Bonchev–Trinajstić information content (AvgIpc) is 2.16. The number of esters is 1. The zero-order chi connectivity index (χ0) is 10.6. The molecule has 0 amide bonds. The van der Waals surface area contributed by atoms with Gasteiger partial charge in [-0.05, 0) is 19.9 Å². The van der Waals surface area contributed by atoms with E-state index in [-0.39, 0.29) is 17.5 Å². The van der Waals surface area contributed by atoms with Crippen LogP contribution in [0.25, 0.3) is 0 Å². The molecule has 0 N–H and O–H groups in total. The molecular weight excluding hydrogens is 184 g/mol. The van der Waals surface area contributed by atoms with Gasteiger partial charge in [-0.25, -0.2) is 4.79 Å². The van der Waals surface area contributed by atoms with E-state index >= 15 is 0 Å². The number of carbonyl (C=O) groups excluding carboxylic acids is 1. The summed E-state index contributed by atoms with van der Waals surface area (Å²) in [7, 11) is 1.31. The molecule has 0 fully saturated rings. The number of methoxy groups -OCH3 is 1. The number of hydrogen-bond acceptors (Lipinski definition) is 5. The molecule has 0 radical (unpaired) electrons. The molecule has 0 saturated heterocycles. The molecule has 0 saturated carbocycles. The van der Waals surface area contributed by atoms with E-state index in [9.17, 15) is 4.79 Å². The summed E-state index contributed by atoms with van der Waals surface area (Å²) in [5, 5.41) is 7.35. The van der Waals surface area contributed by atoms with Crippen molar-refractivity contribution in [1.82, 2.24) is 10.2 Å². The number of aromatic nitrogens is 2. The van der Waals surface area contributed by atoms with Crippen molar-refractivity contribution in [1.29, 1.82) is 0 Å². The van der Waals surface area contributed by atoms with E-state index < -0.39 is 5.97 Å². The molecule has 0 aliphatic rings. The minimum absolute atomic E-state index is 0.0601. The van der Waals surface area contributed by atoms with E-state index in [2.05, 4.69) is 14.9 Å². The molecule has 0 spiro atoms. The standard InChI is InChI=1S/C9H12N2O3/c1-6(2)14-8-7(9(12)13-3)4-5-10-11-8/h4-6H,1-3H3. The maximum Gasteiger partial charge on any atom is 0.343 e. The van der Waals surface area contributed by atoms with Crippen LogP contribution in [0.5, 0.6) is 5.88 Å². The molecule has 1 aromatic rings. The van der Waals surface area contributed by atoms with E-state index in [1.807, 2.05) is 13.8 Å². The van der Waals surface area contributed by atoms with Crippen LogP contribution in [0, 0.1) is 0 Å². The highest BCUT2D eigenvalue weighted by Crippen LogP contribution is 2.15. The fourth-order valence-electron chi connectivity index (χ4n) is 0.894. The summed E-state index contributed by atoms with van der Waals surface area (Å²) in [5.74, 6) is -0.273. The van der Waals surface area contributed by atoms with Crippen molar-refractivity contribution >= 4 is 5.97 Å². The Labute approximate surface area is 82.1 Å². The Hall–Kier alpha value is -1.65. The minimum atomic E-state index is -0.476. The van der Waals surface area contributed by atoms with E-state index in [1.165, 1.54) is 19.4 Å². The van der Waals surface area contributed by atoms with Gasteiger partial charge < -0.3 is 9.47 Å². The summed E-state index contributed by atoms with van der Waals surface area (Å²) in [4.78, 5) is 11.2. The molecule has 0 aliphatic heterocycles. The lowest BCUT2D eigenvalue weighted by Gasteiger charge is -2.10. The largest absolute Gasteiger partial charge is 0.473 e. The number of ether oxygens (including phenoxy) is 2. The first-order chi connectivity index (χ1) is 6.65. The molecule has 1 rings (SSSR count). The first kappa shape index (κ1) is 10.4. The topological polar surface area (TPSA) is 61.3 Å². The van der Waals surface area contributed by atoms with Crippen molar-refractivity contribution in [3.05, 3.63) is 17.8 Å². The first-order valence-corrected chi connectivity index (χ1v) is 4.21. The Bertz CT molecular complexity index is 326. The van der Waals surface area contributed by atoms with Gasteiger partial charge in [0.15, 0.2) is 0 Å². The lowest BCUT2D eigenvalue weighted by atomic mass is 10.3. The van der Waals surface area contributed by atoms with Gasteiger partial charge in [0.05, 0.1) is 19.4 Å². The molecule has 0 atom stereocenters. The summed E-state index contributed by atoms with van der Waals surface area (Å²) in [6.07, 6.45) is 1.36. The highest BCUT2D eigenvalue weighted by molar-refractivity contribution is 5.91. The molecule has 0 aliphatic carbocycles. The molecule has 5 heteroatoms. The monoisotopic (exact) mass is 196 g/mol. The van der Waals surface area contributed by atoms with Crippen LogP contribution in [0.2, 0.25) is 0 Å². The van der Waals surface area contributed by atoms with Crippen LogP contribution >= 0.6 is 0 Å². The fraction of sp³-hybridized carbons (Fsp3) is 0.444. The van der Waals surface area contributed by atoms with Gasteiger partial charge in [0.2, 0.25) is 5.88 Å². The Kier molecular flexibility index (Phi) is 3.39. The summed E-state index contributed by atoms with van der Waals surface area (Å²) in [5.41, 5.74) is 0.288. The van der Waals surface area contributed by atoms with Gasteiger partial charge in [0.1, 0.15) is 5.56 Å². The van der Waals surface area contributed by atoms with Crippen molar-refractivity contribution in [3.63, 3.8) is 0 Å². The Morgan fingerprint density at radius 3 is 2.79 bits per heavy atom. The lowest BCUT2D eigenvalue weighted by molar-refractivity contribution is 0.0592. The third kappa shape index (κ3) is 2.42. The van der Waals surface area contributed by atoms with Crippen molar-refractivity contribution in [2.45, 2.75) is 20.0 Å². The Balaban J connectivity index is 2.97. The SMILES string of the molecule is COC(=O)c1ccnnc1OC(C)C. The number of carbonyl (C=O) groups is 1. The van der Waals surface area contributed by atoms with Gasteiger partial charge in [0.25, 0.3) is 0 Å². The second kappa shape index (κ2) is 4.55. The summed E-state index contributed by atoms with van der Waals surface area (Å²) in [6.45, 7) is 3.69. The van der Waals surface area contributed by atoms with E-state index in [0.29, 0.717) is 0 Å². The maximum absolute atomic E-state index is 11.2. The molecule has 1 aromatic heterocycles. The fourth-order valence-corrected chi connectivity index (χ4v) is 0.894. The number of rotatable bonds is 3. The molecule has 5 nitrogen and oxygen atoms in total. The van der Waals surface area contributed by atoms with E-state index in [1.54, 1.807) is 0 Å². The van der Waals surface area contributed by atoms with E-state index in [4.69, 9.17) is 4.74 Å². The predicted octanol–water partition coefficient (Wildman–Crippen LogP) is 1.05. The zero-order valence-corrected chi connectivity index (χ0v) is 8.35. The second-order valence-electron chi connectivity index (χ2n) is 2.91. The summed E-state index contributed by atoms with van der Waals surface area (Å²) in [6, 6.07) is 1.51. The summed E-state index contributed by atoms with van der Waals surface area (Å²) < 4.78 is 9.87. The normalized spacial score (nSPS) is 10.0. The van der Waals surface area contributed by atoms with Crippen LogP contribution in [-0.2, 0) is 4.74 Å². The first-order valence-electron chi connectivity index (χ1n) is 4.21. The van der Waals surface area contributed by atoms with Crippen LogP contribution in [0.1, 0.15) is 24.2 Å². The Morgan fingerprint density at radius 2 is 2.21 bits per heavy atom. The molecule has 14 heavy (non-hydrogen) atoms. The molecule has 0 unspecified atom stereocenters. The number of nitrogens with zero attached hydrogens (tertiary/aromatic N) is 2. The van der Waals surface area contributed by atoms with Gasteiger partial charge in [-0.3, -0.25) is 0 Å². The van der Waals surface area contributed by atoms with Crippen molar-refractivity contribution in [2.75, 3.05) is 7.11 Å². The van der Waals surface area contributed by atoms with Crippen LogP contribution < -0.4 is 4.74 Å². The van der Waals surface area contributed by atoms with Crippen LogP contribution in [0.15, 0.2) is 12.3 Å². The highest BCUT2D eigenvalue weighted by Gasteiger charge is 2.15. The third-order valence-corrected chi connectivity index (χ3v) is 1.44. The van der Waals surface area contributed by atoms with Gasteiger partial charge in [-0.2, -0.15) is 5.10 Å². The predicted molar refractivity (Wildman–Crippen MR) is 49.1 cm³/mol. The lowest BCUT2D eigenvalue weighted by Crippen LogP contribution is -2.12. The maximum atomic E-state index is 11.2. The average molecular weight is 196 g/mol. The molecule has 76 valence electrons. The third-order valence-electron chi connectivity index (χ3n) is 1.44. The molecule has 0 bridgehead atoms. The smallest absolute Gasteiger partial charge is 0.343 e. The quantitative estimate of drug-likeness (QED) is 0.676. The van der Waals surface area contributed by atoms with Crippen molar-refractivity contribution < 1.29 is 14.3 Å². The van der Waals surface area contributed by atoms with Gasteiger partial charge in [-0.1, -0.05) is 0 Å². The Morgan fingerprint density at radius 1 is 1.50 bits per heavy atom. The van der Waals surface area contributed by atoms with Gasteiger partial charge in [0, 0.05) is 0 Å². The highest BCUT2D eigenvalue weighted by atomic mass is 16.5. The van der Waals surface area contributed by atoms with Crippen molar-refractivity contribution in [2.24, 2.45) is 0 Å². The molecular formula is C9H12N2O3. The van der Waals surface area contributed by atoms with Crippen LogP contribution in [0.3, 0.4) is 0 Å². The second-order valence-corrected chi connectivity index (χ2v) is 2.91. The summed E-state index contributed by atoms with van der Waals surface area (Å²) >= 11 is 0. The molecule has 1 heterocycles. The van der Waals surface area contributed by atoms with Crippen molar-refractivity contribution in [3.8, 4) is 5.88 Å². The van der Waals surface area contributed by atoms with Crippen LogP contribution in [0.4, 0.5) is 0 Å². The van der Waals surface area contributed by atoms with Gasteiger partial charge in [-0.15, -0.1) is 5.10 Å².